The van der Waals surface area contributed by atoms with Crippen LogP contribution in [0.2, 0.25) is 0 Å². The number of fused-ring (bicyclic) bond motifs is 1. The zero-order valence-electron chi connectivity index (χ0n) is 12.8. The molecule has 0 aliphatic heterocycles. The molecule has 3 fully saturated rings. The highest BCUT2D eigenvalue weighted by atomic mass is 79.9. The van der Waals surface area contributed by atoms with Crippen molar-refractivity contribution in [2.24, 2.45) is 16.2 Å². The lowest BCUT2D eigenvalue weighted by Gasteiger charge is -2.66. The summed E-state index contributed by atoms with van der Waals surface area (Å²) in [7, 11) is 0. The summed E-state index contributed by atoms with van der Waals surface area (Å²) in [5.74, 6) is 0.742. The van der Waals surface area contributed by atoms with Crippen molar-refractivity contribution in [2.75, 3.05) is 5.32 Å². The summed E-state index contributed by atoms with van der Waals surface area (Å²) in [5, 5.41) is 3.06. The van der Waals surface area contributed by atoms with Gasteiger partial charge in [-0.1, -0.05) is 67.7 Å². The summed E-state index contributed by atoms with van der Waals surface area (Å²) in [6.07, 6.45) is 3.62. The van der Waals surface area contributed by atoms with Crippen molar-refractivity contribution in [3.05, 3.63) is 23.9 Å². The number of amides is 1. The summed E-state index contributed by atoms with van der Waals surface area (Å²) in [4.78, 5) is 17.6. The third-order valence-corrected chi connectivity index (χ3v) is 9.37. The average molecular weight is 495 g/mol. The number of alkyl halides is 3. The van der Waals surface area contributed by atoms with E-state index in [0.717, 1.165) is 18.4 Å². The van der Waals surface area contributed by atoms with Gasteiger partial charge in [0.15, 0.2) is 0 Å². The van der Waals surface area contributed by atoms with Gasteiger partial charge in [0.05, 0.1) is 9.15 Å². The standard InChI is InChI=1S/C16H19Br3N2O/c1-9-5-4-8-20-10(9)21-13(22)16-7-6-15(11(16)17,12(18)19)14(16,2)3/h4-5,8,11-12H,6-7H2,1-3H3,(H,20,21,22). The molecule has 1 amide bonds. The van der Waals surface area contributed by atoms with Crippen LogP contribution in [0.25, 0.3) is 0 Å². The van der Waals surface area contributed by atoms with E-state index < -0.39 is 5.41 Å². The Hall–Kier alpha value is 0.0600. The van der Waals surface area contributed by atoms with Gasteiger partial charge in [0.1, 0.15) is 5.82 Å². The smallest absolute Gasteiger partial charge is 0.233 e. The minimum atomic E-state index is -0.392. The molecule has 0 radical (unpaired) electrons. The van der Waals surface area contributed by atoms with E-state index in [-0.39, 0.29) is 25.3 Å². The number of halogens is 3. The van der Waals surface area contributed by atoms with Crippen LogP contribution in [0.5, 0.6) is 0 Å². The van der Waals surface area contributed by atoms with Crippen molar-refractivity contribution in [1.29, 1.82) is 0 Å². The maximum absolute atomic E-state index is 13.1. The van der Waals surface area contributed by atoms with E-state index in [9.17, 15) is 4.79 Å². The molecule has 0 saturated heterocycles. The fourth-order valence-corrected chi connectivity index (χ4v) is 9.45. The molecule has 1 aromatic heterocycles. The second-order valence-corrected chi connectivity index (χ2v) is 10.9. The number of nitrogens with zero attached hydrogens (tertiary/aromatic N) is 1. The molecule has 120 valence electrons. The second-order valence-electron chi connectivity index (χ2n) is 6.92. The van der Waals surface area contributed by atoms with Crippen LogP contribution in [0.15, 0.2) is 18.3 Å². The van der Waals surface area contributed by atoms with Crippen LogP contribution in [0.4, 0.5) is 5.82 Å². The highest BCUT2D eigenvalue weighted by molar-refractivity contribution is 9.24. The Morgan fingerprint density at radius 3 is 2.59 bits per heavy atom. The van der Waals surface area contributed by atoms with Crippen LogP contribution in [0.1, 0.15) is 32.3 Å². The van der Waals surface area contributed by atoms with Crippen molar-refractivity contribution < 1.29 is 4.79 Å². The van der Waals surface area contributed by atoms with E-state index >= 15 is 0 Å². The van der Waals surface area contributed by atoms with Crippen LogP contribution >= 0.6 is 47.8 Å². The average Bonchev–Trinajstić information content (AvgIpc) is 2.91. The van der Waals surface area contributed by atoms with Gasteiger partial charge in [-0.2, -0.15) is 0 Å². The lowest BCUT2D eigenvalue weighted by atomic mass is 9.43. The SMILES string of the molecule is Cc1cccnc1NC(=O)C12CCC(C(Br)Br)(C1Br)C2(C)C. The third-order valence-electron chi connectivity index (χ3n) is 6.13. The Kier molecular flexibility index (Phi) is 4.06. The number of carbonyl (C=O) groups excluding carboxylic acids is 1. The molecule has 3 aliphatic rings. The van der Waals surface area contributed by atoms with Crippen molar-refractivity contribution in [2.45, 2.75) is 42.2 Å². The largest absolute Gasteiger partial charge is 0.310 e. The van der Waals surface area contributed by atoms with Gasteiger partial charge < -0.3 is 5.32 Å². The third kappa shape index (κ3) is 1.78. The van der Waals surface area contributed by atoms with Gasteiger partial charge in [0.2, 0.25) is 5.91 Å². The highest BCUT2D eigenvalue weighted by Crippen LogP contribution is 2.82. The van der Waals surface area contributed by atoms with Gasteiger partial charge in [-0.25, -0.2) is 4.98 Å². The molecule has 22 heavy (non-hydrogen) atoms. The van der Waals surface area contributed by atoms with Gasteiger partial charge in [-0.15, -0.1) is 0 Å². The first kappa shape index (κ1) is 16.9. The van der Waals surface area contributed by atoms with Crippen LogP contribution in [-0.2, 0) is 4.79 Å². The summed E-state index contributed by atoms with van der Waals surface area (Å²) < 4.78 is 0.187. The molecule has 1 aromatic rings. The summed E-state index contributed by atoms with van der Waals surface area (Å²) in [6, 6.07) is 3.84. The van der Waals surface area contributed by atoms with Crippen molar-refractivity contribution in [1.82, 2.24) is 4.98 Å². The van der Waals surface area contributed by atoms with E-state index in [1.54, 1.807) is 6.20 Å². The molecule has 1 heterocycles. The van der Waals surface area contributed by atoms with Crippen molar-refractivity contribution in [3.8, 4) is 0 Å². The number of carbonyl (C=O) groups is 1. The highest BCUT2D eigenvalue weighted by Gasteiger charge is 2.83. The quantitative estimate of drug-likeness (QED) is 0.600. The zero-order chi connectivity index (χ0) is 16.3. The van der Waals surface area contributed by atoms with E-state index in [2.05, 4.69) is 71.9 Å². The van der Waals surface area contributed by atoms with E-state index in [0.29, 0.717) is 5.82 Å². The number of nitrogens with one attached hydrogen (secondary N) is 1. The number of hydrogen-bond acceptors (Lipinski definition) is 2. The Labute approximate surface area is 156 Å². The molecular formula is C16H19Br3N2O. The van der Waals surface area contributed by atoms with E-state index in [4.69, 9.17) is 0 Å². The molecule has 4 rings (SSSR count). The van der Waals surface area contributed by atoms with Gasteiger partial charge in [0.25, 0.3) is 0 Å². The number of aryl methyl sites for hydroxylation is 1. The molecular weight excluding hydrogens is 476 g/mol. The first-order chi connectivity index (χ1) is 10.2. The first-order valence-corrected chi connectivity index (χ1v) is 10.1. The molecule has 6 heteroatoms. The van der Waals surface area contributed by atoms with Gasteiger partial charge in [-0.05, 0) is 36.8 Å². The molecule has 3 aliphatic carbocycles. The predicted octanol–water partition coefficient (Wildman–Crippen LogP) is 5.01. The van der Waals surface area contributed by atoms with E-state index in [1.807, 2.05) is 19.1 Å². The molecule has 3 unspecified atom stereocenters. The van der Waals surface area contributed by atoms with Crippen LogP contribution < -0.4 is 5.32 Å². The molecule has 1 N–H and O–H groups in total. The molecule has 0 aromatic carbocycles. The summed E-state index contributed by atoms with van der Waals surface area (Å²) in [5.41, 5.74) is 0.539. The molecule has 3 atom stereocenters. The minimum absolute atomic E-state index is 0.0451. The monoisotopic (exact) mass is 492 g/mol. The number of rotatable bonds is 3. The Morgan fingerprint density at radius 2 is 2.09 bits per heavy atom. The van der Waals surface area contributed by atoms with Gasteiger partial charge in [0, 0.05) is 16.4 Å². The normalized spacial score (nSPS) is 35.3. The lowest BCUT2D eigenvalue weighted by molar-refractivity contribution is -0.155. The molecule has 3 saturated carbocycles. The summed E-state index contributed by atoms with van der Waals surface area (Å²) in [6.45, 7) is 6.38. The molecule has 0 spiro atoms. The summed E-state index contributed by atoms with van der Waals surface area (Å²) >= 11 is 11.2. The van der Waals surface area contributed by atoms with E-state index in [1.165, 1.54) is 0 Å². The Balaban J connectivity index is 1.93. The minimum Gasteiger partial charge on any atom is -0.310 e. The predicted molar refractivity (Wildman–Crippen MR) is 99.8 cm³/mol. The number of pyridine rings is 1. The number of anilines is 1. The maximum atomic E-state index is 13.1. The molecule has 3 nitrogen and oxygen atoms in total. The number of aromatic nitrogens is 1. The van der Waals surface area contributed by atoms with Crippen molar-refractivity contribution in [3.63, 3.8) is 0 Å². The second kappa shape index (κ2) is 5.28. The van der Waals surface area contributed by atoms with Crippen LogP contribution in [-0.4, -0.2) is 19.5 Å². The van der Waals surface area contributed by atoms with Gasteiger partial charge in [-0.3, -0.25) is 4.79 Å². The zero-order valence-corrected chi connectivity index (χ0v) is 17.5. The molecule has 2 bridgehead atoms. The van der Waals surface area contributed by atoms with Crippen molar-refractivity contribution >= 4 is 59.5 Å². The fourth-order valence-electron chi connectivity index (χ4n) is 4.53. The lowest BCUT2D eigenvalue weighted by Crippen LogP contribution is -2.71. The Morgan fingerprint density at radius 1 is 1.41 bits per heavy atom. The fraction of sp³-hybridized carbons (Fsp3) is 0.625. The Bertz CT molecular complexity index is 634. The van der Waals surface area contributed by atoms with Crippen LogP contribution in [0, 0.1) is 23.2 Å². The maximum Gasteiger partial charge on any atom is 0.233 e. The van der Waals surface area contributed by atoms with Crippen LogP contribution in [0.3, 0.4) is 0 Å². The number of hydrogen-bond donors (Lipinski definition) is 1. The first-order valence-electron chi connectivity index (χ1n) is 7.37. The van der Waals surface area contributed by atoms with Gasteiger partial charge >= 0.3 is 0 Å². The topological polar surface area (TPSA) is 42.0 Å².